The van der Waals surface area contributed by atoms with Crippen LogP contribution in [0.25, 0.3) is 10.9 Å². The zero-order valence-corrected chi connectivity index (χ0v) is 8.66. The summed E-state index contributed by atoms with van der Waals surface area (Å²) >= 11 is 0. The summed E-state index contributed by atoms with van der Waals surface area (Å²) in [6, 6.07) is 7.78. The Morgan fingerprint density at radius 2 is 2.12 bits per heavy atom. The molecule has 0 saturated carbocycles. The van der Waals surface area contributed by atoms with E-state index in [0.717, 1.165) is 22.2 Å². The number of anilines is 1. The number of fused-ring (bicyclic) bond motifs is 3. The average Bonchev–Trinajstić information content (AvgIpc) is 2.31. The Hall–Kier alpha value is -2.16. The molecule has 2 heterocycles. The highest BCUT2D eigenvalue weighted by Crippen LogP contribution is 2.30. The molecule has 3 heteroatoms. The summed E-state index contributed by atoms with van der Waals surface area (Å²) in [4.78, 5) is 15.9. The lowest BCUT2D eigenvalue weighted by molar-refractivity contribution is -0.113. The number of hydrogen-bond acceptors (Lipinski definition) is 2. The molecule has 1 aliphatic rings. The molecule has 0 radical (unpaired) electrons. The van der Waals surface area contributed by atoms with Gasteiger partial charge < -0.3 is 5.32 Å². The molecule has 1 aromatic heterocycles. The fourth-order valence-electron chi connectivity index (χ4n) is 1.98. The molecule has 1 N–H and O–H groups in total. The van der Waals surface area contributed by atoms with Crippen molar-refractivity contribution < 1.29 is 4.79 Å². The summed E-state index contributed by atoms with van der Waals surface area (Å²) in [6.45, 7) is 3.73. The van der Waals surface area contributed by atoms with Crippen LogP contribution in [0.3, 0.4) is 0 Å². The maximum atomic E-state index is 11.6. The number of benzene rings is 1. The van der Waals surface area contributed by atoms with Crippen molar-refractivity contribution in [3.8, 4) is 0 Å². The van der Waals surface area contributed by atoms with Crippen LogP contribution in [0.5, 0.6) is 0 Å². The normalized spacial score (nSPS) is 14.8. The predicted molar refractivity (Wildman–Crippen MR) is 63.2 cm³/mol. The largest absolute Gasteiger partial charge is 0.321 e. The van der Waals surface area contributed by atoms with Gasteiger partial charge in [0, 0.05) is 23.6 Å². The Morgan fingerprint density at radius 1 is 1.31 bits per heavy atom. The minimum Gasteiger partial charge on any atom is -0.321 e. The van der Waals surface area contributed by atoms with Gasteiger partial charge in [0.1, 0.15) is 0 Å². The van der Waals surface area contributed by atoms with Gasteiger partial charge in [0.2, 0.25) is 0 Å². The first kappa shape index (κ1) is 9.09. The summed E-state index contributed by atoms with van der Waals surface area (Å²) in [5.41, 5.74) is 3.39. The molecular formula is C13H10N2O. The zero-order valence-electron chi connectivity index (χ0n) is 8.66. The highest BCUT2D eigenvalue weighted by molar-refractivity contribution is 6.11. The molecule has 0 atom stereocenters. The number of hydrogen-bond donors (Lipinski definition) is 1. The third-order valence-corrected chi connectivity index (χ3v) is 2.82. The molecule has 1 amide bonds. The zero-order chi connectivity index (χ0) is 11.1. The van der Waals surface area contributed by atoms with E-state index in [2.05, 4.69) is 16.9 Å². The first-order chi connectivity index (χ1) is 7.75. The summed E-state index contributed by atoms with van der Waals surface area (Å²) in [5.74, 6) is -0.0937. The maximum Gasteiger partial charge on any atom is 0.251 e. The summed E-state index contributed by atoms with van der Waals surface area (Å²) < 4.78 is 0. The van der Waals surface area contributed by atoms with Gasteiger partial charge in [-0.3, -0.25) is 9.78 Å². The van der Waals surface area contributed by atoms with Gasteiger partial charge in [-0.05, 0) is 11.6 Å². The lowest BCUT2D eigenvalue weighted by atomic mass is 9.99. The van der Waals surface area contributed by atoms with Crippen LogP contribution in [0.1, 0.15) is 5.56 Å². The van der Waals surface area contributed by atoms with Crippen molar-refractivity contribution in [1.82, 2.24) is 4.98 Å². The molecule has 1 aromatic carbocycles. The Morgan fingerprint density at radius 3 is 3.00 bits per heavy atom. The number of aromatic nitrogens is 1. The van der Waals surface area contributed by atoms with Gasteiger partial charge in [0.25, 0.3) is 5.91 Å². The van der Waals surface area contributed by atoms with Crippen LogP contribution in [0.4, 0.5) is 5.69 Å². The van der Waals surface area contributed by atoms with E-state index >= 15 is 0 Å². The summed E-state index contributed by atoms with van der Waals surface area (Å²) in [7, 11) is 0. The van der Waals surface area contributed by atoms with Crippen molar-refractivity contribution in [1.29, 1.82) is 0 Å². The van der Waals surface area contributed by atoms with Crippen molar-refractivity contribution in [2.45, 2.75) is 6.42 Å². The van der Waals surface area contributed by atoms with Crippen molar-refractivity contribution in [3.05, 3.63) is 48.2 Å². The van der Waals surface area contributed by atoms with Crippen LogP contribution in [-0.4, -0.2) is 10.9 Å². The number of carbonyl (C=O) groups excluding carboxylic acids is 1. The molecule has 3 nitrogen and oxygen atoms in total. The standard InChI is InChI=1S/C13H10N2O/c1-8-6-9-7-14-11-5-3-2-4-10(11)12(9)15-13(8)16/h2-5,7H,1,6H2,(H,15,16). The molecule has 16 heavy (non-hydrogen) atoms. The number of pyridine rings is 1. The molecule has 3 rings (SSSR count). The minimum atomic E-state index is -0.0937. The molecule has 1 aliphatic heterocycles. The third-order valence-electron chi connectivity index (χ3n) is 2.82. The molecule has 0 saturated heterocycles. The topological polar surface area (TPSA) is 42.0 Å². The Balaban J connectivity index is 2.31. The van der Waals surface area contributed by atoms with E-state index in [0.29, 0.717) is 12.0 Å². The van der Waals surface area contributed by atoms with E-state index < -0.39 is 0 Å². The lowest BCUT2D eigenvalue weighted by Gasteiger charge is -2.19. The Labute approximate surface area is 92.8 Å². The molecule has 0 aliphatic carbocycles. The second kappa shape index (κ2) is 3.17. The van der Waals surface area contributed by atoms with E-state index in [1.165, 1.54) is 0 Å². The predicted octanol–water partition coefficient (Wildman–Crippen LogP) is 2.29. The Kier molecular flexibility index (Phi) is 1.80. The highest BCUT2D eigenvalue weighted by Gasteiger charge is 2.20. The van der Waals surface area contributed by atoms with Gasteiger partial charge in [0.05, 0.1) is 11.2 Å². The summed E-state index contributed by atoms with van der Waals surface area (Å²) in [6.07, 6.45) is 2.39. The van der Waals surface area contributed by atoms with Crippen LogP contribution in [-0.2, 0) is 11.2 Å². The average molecular weight is 210 g/mol. The van der Waals surface area contributed by atoms with Gasteiger partial charge in [-0.1, -0.05) is 24.8 Å². The molecule has 0 bridgehead atoms. The fraction of sp³-hybridized carbons (Fsp3) is 0.0769. The van der Waals surface area contributed by atoms with Crippen LogP contribution in [0.2, 0.25) is 0 Å². The lowest BCUT2D eigenvalue weighted by Crippen LogP contribution is -2.21. The molecule has 0 fully saturated rings. The number of nitrogens with one attached hydrogen (secondary N) is 1. The molecule has 2 aromatic rings. The van der Waals surface area contributed by atoms with Crippen LogP contribution in [0.15, 0.2) is 42.6 Å². The smallest absolute Gasteiger partial charge is 0.251 e. The van der Waals surface area contributed by atoms with E-state index in [1.807, 2.05) is 30.5 Å². The quantitative estimate of drug-likeness (QED) is 0.678. The highest BCUT2D eigenvalue weighted by atomic mass is 16.1. The number of carbonyl (C=O) groups is 1. The van der Waals surface area contributed by atoms with Gasteiger partial charge in [-0.2, -0.15) is 0 Å². The van der Waals surface area contributed by atoms with Crippen LogP contribution in [0, 0.1) is 0 Å². The van der Waals surface area contributed by atoms with Crippen LogP contribution < -0.4 is 5.32 Å². The van der Waals surface area contributed by atoms with Gasteiger partial charge in [-0.15, -0.1) is 0 Å². The number of rotatable bonds is 0. The van der Waals surface area contributed by atoms with Crippen molar-refractivity contribution >= 4 is 22.5 Å². The fourth-order valence-corrected chi connectivity index (χ4v) is 1.98. The van der Waals surface area contributed by atoms with Gasteiger partial charge in [0.15, 0.2) is 0 Å². The second-order valence-corrected chi connectivity index (χ2v) is 3.91. The number of para-hydroxylation sites is 1. The molecule has 0 spiro atoms. The second-order valence-electron chi connectivity index (χ2n) is 3.91. The van der Waals surface area contributed by atoms with Crippen molar-refractivity contribution in [2.75, 3.05) is 5.32 Å². The van der Waals surface area contributed by atoms with E-state index in [-0.39, 0.29) is 5.91 Å². The third kappa shape index (κ3) is 1.21. The SMILES string of the molecule is C=C1Cc2cnc3ccccc3c2NC1=O. The monoisotopic (exact) mass is 210 g/mol. The van der Waals surface area contributed by atoms with Gasteiger partial charge in [-0.25, -0.2) is 0 Å². The maximum absolute atomic E-state index is 11.6. The number of nitrogens with zero attached hydrogens (tertiary/aromatic N) is 1. The molecule has 0 unspecified atom stereocenters. The first-order valence-corrected chi connectivity index (χ1v) is 5.11. The van der Waals surface area contributed by atoms with E-state index in [4.69, 9.17) is 0 Å². The Bertz CT molecular complexity index is 616. The van der Waals surface area contributed by atoms with E-state index in [1.54, 1.807) is 0 Å². The van der Waals surface area contributed by atoms with Crippen LogP contribution >= 0.6 is 0 Å². The molecule has 78 valence electrons. The molecular weight excluding hydrogens is 200 g/mol. The minimum absolute atomic E-state index is 0.0937. The van der Waals surface area contributed by atoms with Crippen molar-refractivity contribution in [2.24, 2.45) is 0 Å². The number of amides is 1. The summed E-state index contributed by atoms with van der Waals surface area (Å²) in [5, 5.41) is 3.86. The van der Waals surface area contributed by atoms with E-state index in [9.17, 15) is 4.79 Å². The van der Waals surface area contributed by atoms with Crippen molar-refractivity contribution in [3.63, 3.8) is 0 Å². The first-order valence-electron chi connectivity index (χ1n) is 5.11. The van der Waals surface area contributed by atoms with Gasteiger partial charge >= 0.3 is 0 Å².